The average molecular weight is 366 g/mol. The molecule has 1 aliphatic rings. The molecule has 0 bridgehead atoms. The van der Waals surface area contributed by atoms with Crippen molar-refractivity contribution in [3.63, 3.8) is 0 Å². The second-order valence-electron chi connectivity index (χ2n) is 6.42. The monoisotopic (exact) mass is 366 g/mol. The summed E-state index contributed by atoms with van der Waals surface area (Å²) in [5, 5.41) is 17.3. The van der Waals surface area contributed by atoms with E-state index < -0.39 is 11.9 Å². The molecule has 1 saturated carbocycles. The van der Waals surface area contributed by atoms with Gasteiger partial charge in [-0.15, -0.1) is 5.10 Å². The Balaban J connectivity index is 1.44. The highest BCUT2D eigenvalue weighted by Gasteiger charge is 2.28. The third kappa shape index (κ3) is 3.71. The predicted molar refractivity (Wildman–Crippen MR) is 95.8 cm³/mol. The van der Waals surface area contributed by atoms with Crippen LogP contribution >= 0.6 is 0 Å². The number of carbonyl (C=O) groups excluding carboxylic acids is 2. The summed E-state index contributed by atoms with van der Waals surface area (Å²) in [6.45, 7) is 1.60. The maximum Gasteiger partial charge on any atom is 0.287 e. The van der Waals surface area contributed by atoms with Gasteiger partial charge >= 0.3 is 0 Å². The topological polar surface area (TPSA) is 115 Å². The number of nitrogens with one attached hydrogen (secondary N) is 2. The fraction of sp³-hybridized carbons (Fsp3) is 0.278. The molecule has 27 heavy (non-hydrogen) atoms. The average Bonchev–Trinajstić information content (AvgIpc) is 3.16. The van der Waals surface area contributed by atoms with E-state index in [0.29, 0.717) is 17.6 Å². The van der Waals surface area contributed by atoms with Gasteiger partial charge in [-0.25, -0.2) is 4.68 Å². The number of carbonyl (C=O) groups is 2. The van der Waals surface area contributed by atoms with Gasteiger partial charge in [0.25, 0.3) is 5.91 Å². The molecule has 0 aliphatic heterocycles. The van der Waals surface area contributed by atoms with Gasteiger partial charge in [-0.2, -0.15) is 0 Å². The molecule has 1 unspecified atom stereocenters. The lowest BCUT2D eigenvalue weighted by atomic mass is 10.1. The number of aromatic nitrogens is 4. The van der Waals surface area contributed by atoms with Crippen molar-refractivity contribution in [3.05, 3.63) is 48.4 Å². The molecule has 138 valence electrons. The highest BCUT2D eigenvalue weighted by molar-refractivity contribution is 6.00. The van der Waals surface area contributed by atoms with Crippen LogP contribution in [0.4, 0.5) is 5.69 Å². The summed E-state index contributed by atoms with van der Waals surface area (Å²) >= 11 is 0. The number of nitrogens with zero attached hydrogens (tertiary/aromatic N) is 4. The normalized spacial score (nSPS) is 14.6. The van der Waals surface area contributed by atoms with Crippen molar-refractivity contribution >= 4 is 17.5 Å². The van der Waals surface area contributed by atoms with E-state index in [1.807, 2.05) is 22.9 Å². The number of tetrazole rings is 1. The van der Waals surface area contributed by atoms with Crippen molar-refractivity contribution in [3.8, 4) is 11.4 Å². The van der Waals surface area contributed by atoms with Gasteiger partial charge < -0.3 is 15.1 Å². The molecule has 1 atom stereocenters. The van der Waals surface area contributed by atoms with Crippen molar-refractivity contribution in [2.45, 2.75) is 31.8 Å². The van der Waals surface area contributed by atoms with Crippen LogP contribution in [-0.4, -0.2) is 38.1 Å². The lowest BCUT2D eigenvalue weighted by Gasteiger charge is -2.14. The first-order chi connectivity index (χ1) is 13.1. The Bertz CT molecular complexity index is 961. The summed E-state index contributed by atoms with van der Waals surface area (Å²) in [6.07, 6.45) is 3.54. The quantitative estimate of drug-likeness (QED) is 0.690. The van der Waals surface area contributed by atoms with Crippen LogP contribution in [-0.2, 0) is 4.79 Å². The molecular formula is C18H18N6O3. The van der Waals surface area contributed by atoms with Gasteiger partial charge in [-0.1, -0.05) is 12.1 Å². The molecule has 9 heteroatoms. The summed E-state index contributed by atoms with van der Waals surface area (Å²) in [4.78, 5) is 24.4. The third-order valence-electron chi connectivity index (χ3n) is 4.26. The number of rotatable bonds is 6. The van der Waals surface area contributed by atoms with E-state index in [0.717, 1.165) is 18.4 Å². The van der Waals surface area contributed by atoms with Gasteiger partial charge in [0.15, 0.2) is 11.6 Å². The summed E-state index contributed by atoms with van der Waals surface area (Å²) in [6, 6.07) is 10.1. The molecule has 3 aromatic rings. The van der Waals surface area contributed by atoms with E-state index in [-0.39, 0.29) is 11.7 Å². The largest absolute Gasteiger partial charge is 0.459 e. The highest BCUT2D eigenvalue weighted by atomic mass is 16.3. The maximum absolute atomic E-state index is 12.4. The first kappa shape index (κ1) is 17.0. The molecule has 1 fully saturated rings. The molecule has 2 aromatic heterocycles. The number of benzene rings is 1. The minimum Gasteiger partial charge on any atom is -0.459 e. The molecule has 2 N–H and O–H groups in total. The number of anilines is 1. The van der Waals surface area contributed by atoms with Gasteiger partial charge in [-0.05, 0) is 54.5 Å². The number of hydrogen-bond donors (Lipinski definition) is 2. The van der Waals surface area contributed by atoms with Crippen LogP contribution < -0.4 is 10.6 Å². The summed E-state index contributed by atoms with van der Waals surface area (Å²) in [5.74, 6) is 0.0465. The molecule has 0 spiro atoms. The smallest absolute Gasteiger partial charge is 0.287 e. The van der Waals surface area contributed by atoms with E-state index in [1.54, 1.807) is 19.1 Å². The molecule has 0 saturated heterocycles. The molecule has 2 amide bonds. The number of furan rings is 1. The maximum atomic E-state index is 12.4. The van der Waals surface area contributed by atoms with Gasteiger partial charge in [0.1, 0.15) is 6.04 Å². The first-order valence-corrected chi connectivity index (χ1v) is 8.65. The van der Waals surface area contributed by atoms with Crippen LogP contribution in [0.2, 0.25) is 0 Å². The highest BCUT2D eigenvalue weighted by Crippen LogP contribution is 2.36. The van der Waals surface area contributed by atoms with Gasteiger partial charge in [0.05, 0.1) is 12.3 Å². The zero-order valence-electron chi connectivity index (χ0n) is 14.6. The SMILES string of the molecule is CC(NC(=O)c1ccco1)C(=O)Nc1cccc(-c2nnnn2C2CC2)c1. The lowest BCUT2D eigenvalue weighted by molar-refractivity contribution is -0.117. The molecule has 2 heterocycles. The van der Waals surface area contributed by atoms with Crippen LogP contribution in [0.1, 0.15) is 36.4 Å². The Kier molecular flexibility index (Phi) is 4.41. The third-order valence-corrected chi connectivity index (χ3v) is 4.26. The molecule has 0 radical (unpaired) electrons. The molecule has 1 aromatic carbocycles. The Hall–Kier alpha value is -3.49. The van der Waals surface area contributed by atoms with Gasteiger partial charge in [0, 0.05) is 11.3 Å². The Morgan fingerprint density at radius 1 is 1.26 bits per heavy atom. The Morgan fingerprint density at radius 3 is 2.85 bits per heavy atom. The zero-order chi connectivity index (χ0) is 18.8. The van der Waals surface area contributed by atoms with E-state index in [4.69, 9.17) is 4.42 Å². The van der Waals surface area contributed by atoms with Gasteiger partial charge in [0.2, 0.25) is 5.91 Å². The van der Waals surface area contributed by atoms with Crippen LogP contribution in [0.3, 0.4) is 0 Å². The summed E-state index contributed by atoms with van der Waals surface area (Å²) < 4.78 is 6.83. The van der Waals surface area contributed by atoms with Gasteiger partial charge in [-0.3, -0.25) is 9.59 Å². The van der Waals surface area contributed by atoms with Crippen LogP contribution in [0.5, 0.6) is 0 Å². The molecule has 9 nitrogen and oxygen atoms in total. The summed E-state index contributed by atoms with van der Waals surface area (Å²) in [7, 11) is 0. The minimum absolute atomic E-state index is 0.156. The van der Waals surface area contributed by atoms with Crippen molar-refractivity contribution < 1.29 is 14.0 Å². The van der Waals surface area contributed by atoms with Crippen molar-refractivity contribution in [2.75, 3.05) is 5.32 Å². The van der Waals surface area contributed by atoms with E-state index in [1.165, 1.54) is 12.3 Å². The second-order valence-corrected chi connectivity index (χ2v) is 6.42. The fourth-order valence-electron chi connectivity index (χ4n) is 2.68. The predicted octanol–water partition coefficient (Wildman–Crippen LogP) is 2.02. The standard InChI is InChI=1S/C18H18N6O3/c1-11(19-18(26)15-6-3-9-27-15)17(25)20-13-5-2-4-12(10-13)16-21-22-23-24(16)14-7-8-14/h2-6,9-11,14H,7-8H2,1H3,(H,19,26)(H,20,25). The molecule has 4 rings (SSSR count). The van der Waals surface area contributed by atoms with Crippen LogP contribution in [0.25, 0.3) is 11.4 Å². The first-order valence-electron chi connectivity index (χ1n) is 8.65. The summed E-state index contributed by atoms with van der Waals surface area (Å²) in [5.41, 5.74) is 1.42. The second kappa shape index (κ2) is 7.02. The van der Waals surface area contributed by atoms with Crippen molar-refractivity contribution in [1.29, 1.82) is 0 Å². The lowest BCUT2D eigenvalue weighted by Crippen LogP contribution is -2.41. The van der Waals surface area contributed by atoms with E-state index in [9.17, 15) is 9.59 Å². The van der Waals surface area contributed by atoms with Crippen molar-refractivity contribution in [2.24, 2.45) is 0 Å². The van der Waals surface area contributed by atoms with Crippen LogP contribution in [0.15, 0.2) is 47.1 Å². The Morgan fingerprint density at radius 2 is 2.11 bits per heavy atom. The van der Waals surface area contributed by atoms with Crippen molar-refractivity contribution in [1.82, 2.24) is 25.5 Å². The molecular weight excluding hydrogens is 348 g/mol. The van der Waals surface area contributed by atoms with E-state index >= 15 is 0 Å². The zero-order valence-corrected chi connectivity index (χ0v) is 14.6. The minimum atomic E-state index is -0.733. The Labute approximate surface area is 154 Å². The fourth-order valence-corrected chi connectivity index (χ4v) is 2.68. The number of amides is 2. The number of hydrogen-bond acceptors (Lipinski definition) is 6. The van der Waals surface area contributed by atoms with E-state index in [2.05, 4.69) is 26.2 Å². The van der Waals surface area contributed by atoms with Crippen LogP contribution in [0, 0.1) is 0 Å². The molecule has 1 aliphatic carbocycles.